The number of nitrogens with zero attached hydrogens (tertiary/aromatic N) is 1. The van der Waals surface area contributed by atoms with Crippen LogP contribution in [0, 0.1) is 5.82 Å². The molecule has 1 atom stereocenters. The summed E-state index contributed by atoms with van der Waals surface area (Å²) in [6.07, 6.45) is 3.28. The first kappa shape index (κ1) is 17.1. The lowest BCUT2D eigenvalue weighted by atomic mass is 10.1. The molecular weight excluding hydrogens is 251 g/mol. The van der Waals surface area contributed by atoms with Gasteiger partial charge < -0.3 is 10.2 Å². The number of benzene rings is 1. The Morgan fingerprint density at radius 2 is 1.95 bits per heavy atom. The summed E-state index contributed by atoms with van der Waals surface area (Å²) in [6, 6.07) is 7.88. The van der Waals surface area contributed by atoms with Crippen molar-refractivity contribution in [2.75, 3.05) is 20.1 Å². The Balaban J connectivity index is 2.13. The van der Waals surface area contributed by atoms with E-state index in [2.05, 4.69) is 38.0 Å². The quantitative estimate of drug-likeness (QED) is 0.697. The minimum atomic E-state index is -0.147. The first-order valence-corrected chi connectivity index (χ1v) is 7.67. The van der Waals surface area contributed by atoms with E-state index in [0.717, 1.165) is 25.1 Å². The lowest BCUT2D eigenvalue weighted by molar-refractivity contribution is 0.267. The van der Waals surface area contributed by atoms with Gasteiger partial charge in [-0.2, -0.15) is 0 Å². The zero-order valence-electron chi connectivity index (χ0n) is 13.3. The molecule has 0 fully saturated rings. The third-order valence-corrected chi connectivity index (χ3v) is 3.74. The summed E-state index contributed by atoms with van der Waals surface area (Å²) in [7, 11) is 2.17. The second-order valence-electron chi connectivity index (χ2n) is 5.97. The normalized spacial score (nSPS) is 13.2. The monoisotopic (exact) mass is 280 g/mol. The van der Waals surface area contributed by atoms with E-state index in [1.165, 1.54) is 18.9 Å². The Labute approximate surface area is 123 Å². The van der Waals surface area contributed by atoms with Crippen molar-refractivity contribution in [3.05, 3.63) is 35.6 Å². The van der Waals surface area contributed by atoms with Gasteiger partial charge in [-0.15, -0.1) is 0 Å². The fourth-order valence-electron chi connectivity index (χ4n) is 2.18. The number of nitrogens with one attached hydrogen (secondary N) is 1. The van der Waals surface area contributed by atoms with Gasteiger partial charge in [-0.1, -0.05) is 12.1 Å². The van der Waals surface area contributed by atoms with Crippen molar-refractivity contribution in [3.63, 3.8) is 0 Å². The molecule has 3 heteroatoms. The first-order chi connectivity index (χ1) is 9.49. The number of hydrogen-bond acceptors (Lipinski definition) is 2. The smallest absolute Gasteiger partial charge is 0.123 e. The Kier molecular flexibility index (Phi) is 7.78. The van der Waals surface area contributed by atoms with Crippen molar-refractivity contribution in [3.8, 4) is 0 Å². The predicted molar refractivity (Wildman–Crippen MR) is 84.6 cm³/mol. The number of halogens is 1. The van der Waals surface area contributed by atoms with Crippen LogP contribution in [0.15, 0.2) is 24.3 Å². The largest absolute Gasteiger partial charge is 0.314 e. The molecule has 1 unspecified atom stereocenters. The third kappa shape index (κ3) is 7.01. The van der Waals surface area contributed by atoms with Gasteiger partial charge in [-0.3, -0.25) is 0 Å². The summed E-state index contributed by atoms with van der Waals surface area (Å²) in [5.41, 5.74) is 1.06. The number of hydrogen-bond donors (Lipinski definition) is 1. The maximum Gasteiger partial charge on any atom is 0.123 e. The Hall–Kier alpha value is -0.930. The maximum atomic E-state index is 13.1. The van der Waals surface area contributed by atoms with Crippen molar-refractivity contribution < 1.29 is 4.39 Å². The minimum Gasteiger partial charge on any atom is -0.314 e. The average Bonchev–Trinajstić information content (AvgIpc) is 2.37. The highest BCUT2D eigenvalue weighted by Crippen LogP contribution is 2.06. The summed E-state index contributed by atoms with van der Waals surface area (Å²) in [4.78, 5) is 2.37. The molecule has 1 N–H and O–H groups in total. The van der Waals surface area contributed by atoms with E-state index in [1.54, 1.807) is 12.1 Å². The molecular formula is C17H29FN2. The second kappa shape index (κ2) is 9.09. The molecule has 114 valence electrons. The zero-order chi connectivity index (χ0) is 15.0. The van der Waals surface area contributed by atoms with Gasteiger partial charge in [0.15, 0.2) is 0 Å². The van der Waals surface area contributed by atoms with Crippen LogP contribution in [-0.4, -0.2) is 37.1 Å². The van der Waals surface area contributed by atoms with E-state index >= 15 is 0 Å². The standard InChI is InChI=1S/C17H29FN2/c1-14(2)20(4)11-6-5-10-19-15(3)12-16-8-7-9-17(18)13-16/h7-9,13-15,19H,5-6,10-12H2,1-4H3. The van der Waals surface area contributed by atoms with Crippen molar-refractivity contribution in [1.82, 2.24) is 10.2 Å². The summed E-state index contributed by atoms with van der Waals surface area (Å²) >= 11 is 0. The third-order valence-electron chi connectivity index (χ3n) is 3.74. The van der Waals surface area contributed by atoms with E-state index < -0.39 is 0 Å². The van der Waals surface area contributed by atoms with Gasteiger partial charge in [0.25, 0.3) is 0 Å². The molecule has 0 spiro atoms. The van der Waals surface area contributed by atoms with Gasteiger partial charge in [0.2, 0.25) is 0 Å². The van der Waals surface area contributed by atoms with E-state index in [0.29, 0.717) is 12.1 Å². The molecule has 0 saturated heterocycles. The van der Waals surface area contributed by atoms with Crippen molar-refractivity contribution in [2.24, 2.45) is 0 Å². The molecule has 20 heavy (non-hydrogen) atoms. The molecule has 0 aliphatic rings. The summed E-state index contributed by atoms with van der Waals surface area (Å²) in [6.45, 7) is 8.78. The van der Waals surface area contributed by atoms with Crippen molar-refractivity contribution >= 4 is 0 Å². The Bertz CT molecular complexity index is 379. The highest BCUT2D eigenvalue weighted by Gasteiger charge is 2.05. The van der Waals surface area contributed by atoms with Crippen LogP contribution in [0.4, 0.5) is 4.39 Å². The first-order valence-electron chi connectivity index (χ1n) is 7.67. The zero-order valence-corrected chi connectivity index (χ0v) is 13.3. The molecule has 0 aromatic heterocycles. The van der Waals surface area contributed by atoms with Gasteiger partial charge in [0.05, 0.1) is 0 Å². The molecule has 0 amide bonds. The highest BCUT2D eigenvalue weighted by atomic mass is 19.1. The molecule has 1 rings (SSSR count). The van der Waals surface area contributed by atoms with Crippen LogP contribution in [0.25, 0.3) is 0 Å². The summed E-state index contributed by atoms with van der Waals surface area (Å²) in [5.74, 6) is -0.147. The predicted octanol–water partition coefficient (Wildman–Crippen LogP) is 3.47. The van der Waals surface area contributed by atoms with Crippen LogP contribution in [-0.2, 0) is 6.42 Å². The molecule has 0 bridgehead atoms. The van der Waals surface area contributed by atoms with Crippen LogP contribution < -0.4 is 5.32 Å². The minimum absolute atomic E-state index is 0.147. The maximum absolute atomic E-state index is 13.1. The second-order valence-corrected chi connectivity index (χ2v) is 5.97. The van der Waals surface area contributed by atoms with E-state index in [4.69, 9.17) is 0 Å². The Morgan fingerprint density at radius 1 is 1.20 bits per heavy atom. The molecule has 0 heterocycles. The van der Waals surface area contributed by atoms with Crippen molar-refractivity contribution in [2.45, 2.75) is 52.1 Å². The average molecular weight is 280 g/mol. The number of rotatable bonds is 9. The van der Waals surface area contributed by atoms with Gasteiger partial charge in [-0.25, -0.2) is 4.39 Å². The number of unbranched alkanes of at least 4 members (excludes halogenated alkanes) is 1. The molecule has 0 aliphatic carbocycles. The van der Waals surface area contributed by atoms with Crippen molar-refractivity contribution in [1.29, 1.82) is 0 Å². The molecule has 0 aliphatic heterocycles. The highest BCUT2D eigenvalue weighted by molar-refractivity contribution is 5.17. The summed E-state index contributed by atoms with van der Waals surface area (Å²) < 4.78 is 13.1. The van der Waals surface area contributed by atoms with Crippen LogP contribution >= 0.6 is 0 Å². The van der Waals surface area contributed by atoms with Crippen LogP contribution in [0.2, 0.25) is 0 Å². The van der Waals surface area contributed by atoms with E-state index in [9.17, 15) is 4.39 Å². The summed E-state index contributed by atoms with van der Waals surface area (Å²) in [5, 5.41) is 3.51. The molecule has 0 saturated carbocycles. The molecule has 2 nitrogen and oxygen atoms in total. The lowest BCUT2D eigenvalue weighted by Gasteiger charge is -2.21. The van der Waals surface area contributed by atoms with Gasteiger partial charge in [0.1, 0.15) is 5.82 Å². The van der Waals surface area contributed by atoms with Crippen LogP contribution in [0.3, 0.4) is 0 Å². The van der Waals surface area contributed by atoms with Gasteiger partial charge >= 0.3 is 0 Å². The molecule has 1 aromatic carbocycles. The van der Waals surface area contributed by atoms with E-state index in [-0.39, 0.29) is 5.82 Å². The molecule has 0 radical (unpaired) electrons. The fraction of sp³-hybridized carbons (Fsp3) is 0.647. The van der Waals surface area contributed by atoms with Gasteiger partial charge in [-0.05, 0) is 77.9 Å². The fourth-order valence-corrected chi connectivity index (χ4v) is 2.18. The van der Waals surface area contributed by atoms with Crippen LogP contribution in [0.5, 0.6) is 0 Å². The van der Waals surface area contributed by atoms with E-state index in [1.807, 2.05) is 6.07 Å². The van der Waals surface area contributed by atoms with Crippen LogP contribution in [0.1, 0.15) is 39.2 Å². The Morgan fingerprint density at radius 3 is 2.60 bits per heavy atom. The lowest BCUT2D eigenvalue weighted by Crippen LogP contribution is -2.30. The van der Waals surface area contributed by atoms with Gasteiger partial charge in [0, 0.05) is 12.1 Å². The molecule has 1 aromatic rings. The SMILES string of the molecule is CC(Cc1cccc(F)c1)NCCCCN(C)C(C)C. The topological polar surface area (TPSA) is 15.3 Å².